The topological polar surface area (TPSA) is 72.5 Å². The summed E-state index contributed by atoms with van der Waals surface area (Å²) < 4.78 is 32.4. The van der Waals surface area contributed by atoms with E-state index in [-0.39, 0.29) is 9.92 Å². The first-order valence-corrected chi connectivity index (χ1v) is 9.76. The van der Waals surface area contributed by atoms with E-state index in [1.165, 1.54) is 19.2 Å². The fraction of sp³-hybridized carbons (Fsp3) is 0.278. The van der Waals surface area contributed by atoms with Gasteiger partial charge in [-0.2, -0.15) is 0 Å². The van der Waals surface area contributed by atoms with Gasteiger partial charge in [-0.05, 0) is 42.5 Å². The van der Waals surface area contributed by atoms with Gasteiger partial charge >= 0.3 is 0 Å². The smallest absolute Gasteiger partial charge is 0.265 e. The maximum atomic E-state index is 12.7. The molecule has 2 aromatic carbocycles. The molecule has 0 radical (unpaired) electrons. The molecule has 0 spiro atoms. The summed E-state index contributed by atoms with van der Waals surface area (Å²) in [4.78, 5) is 12.5. The van der Waals surface area contributed by atoms with E-state index < -0.39 is 21.8 Å². The predicted octanol–water partition coefficient (Wildman–Crippen LogP) is 3.27. The second kappa shape index (κ2) is 7.06. The summed E-state index contributed by atoms with van der Waals surface area (Å²) >= 11 is 6.00. The molecule has 0 saturated carbocycles. The van der Waals surface area contributed by atoms with Crippen LogP contribution in [0.1, 0.15) is 29.9 Å². The molecule has 0 aliphatic heterocycles. The lowest BCUT2D eigenvalue weighted by Gasteiger charge is -2.24. The number of hydrogen-bond donors (Lipinski definition) is 1. The Kier molecular flexibility index (Phi) is 5.01. The van der Waals surface area contributed by atoms with Gasteiger partial charge in [-0.1, -0.05) is 35.9 Å². The molecule has 1 N–H and O–H groups in total. The molecule has 0 aromatic heterocycles. The van der Waals surface area contributed by atoms with Crippen molar-refractivity contribution < 1.29 is 17.9 Å². The third kappa shape index (κ3) is 3.65. The van der Waals surface area contributed by atoms with Gasteiger partial charge in [-0.25, -0.2) is 13.1 Å². The summed E-state index contributed by atoms with van der Waals surface area (Å²) in [5.74, 6) is -0.671. The minimum Gasteiger partial charge on any atom is -0.497 e. The first kappa shape index (κ1) is 17.8. The summed E-state index contributed by atoms with van der Waals surface area (Å²) in [5, 5.41) is 0.0325. The molecule has 1 unspecified atom stereocenters. The predicted molar refractivity (Wildman–Crippen MR) is 95.5 cm³/mol. The lowest BCUT2D eigenvalue weighted by atomic mass is 9.82. The summed E-state index contributed by atoms with van der Waals surface area (Å²) in [6.45, 7) is 0. The van der Waals surface area contributed by atoms with Crippen molar-refractivity contribution in [1.29, 1.82) is 0 Å². The molecule has 1 amide bonds. The van der Waals surface area contributed by atoms with E-state index in [2.05, 4.69) is 4.72 Å². The van der Waals surface area contributed by atoms with Crippen LogP contribution in [0.2, 0.25) is 5.02 Å². The maximum Gasteiger partial charge on any atom is 0.265 e. The molecule has 1 aliphatic carbocycles. The minimum absolute atomic E-state index is 0.0325. The van der Waals surface area contributed by atoms with E-state index in [9.17, 15) is 13.2 Å². The number of hydrogen-bond acceptors (Lipinski definition) is 4. The monoisotopic (exact) mass is 379 g/mol. The van der Waals surface area contributed by atoms with E-state index >= 15 is 0 Å². The standard InChI is InChI=1S/C18H18ClNO4S/c1-24-13-9-10-16(19)17(11-13)25(22,23)20-18(21)15-8-4-6-12-5-2-3-7-14(12)15/h2-3,5,7,9-11,15H,4,6,8H2,1H3,(H,20,21). The largest absolute Gasteiger partial charge is 0.497 e. The number of carbonyl (C=O) groups excluding carboxylic acids is 1. The zero-order valence-electron chi connectivity index (χ0n) is 13.7. The Balaban J connectivity index is 1.88. The van der Waals surface area contributed by atoms with Crippen LogP contribution in [0.15, 0.2) is 47.4 Å². The fourth-order valence-electron chi connectivity index (χ4n) is 3.10. The van der Waals surface area contributed by atoms with E-state index in [4.69, 9.17) is 16.3 Å². The average Bonchev–Trinajstić information content (AvgIpc) is 2.61. The number of halogens is 1. The average molecular weight is 380 g/mol. The van der Waals surface area contributed by atoms with Crippen LogP contribution in [0.25, 0.3) is 0 Å². The van der Waals surface area contributed by atoms with Gasteiger partial charge in [-0.15, -0.1) is 0 Å². The summed E-state index contributed by atoms with van der Waals surface area (Å²) in [7, 11) is -2.66. The van der Waals surface area contributed by atoms with Gasteiger partial charge in [0.15, 0.2) is 0 Å². The van der Waals surface area contributed by atoms with Crippen molar-refractivity contribution in [1.82, 2.24) is 4.72 Å². The molecule has 7 heteroatoms. The Morgan fingerprint density at radius 1 is 1.24 bits per heavy atom. The van der Waals surface area contributed by atoms with Crippen molar-refractivity contribution in [3.63, 3.8) is 0 Å². The normalized spacial score (nSPS) is 16.8. The van der Waals surface area contributed by atoms with Crippen LogP contribution in [-0.4, -0.2) is 21.4 Å². The van der Waals surface area contributed by atoms with Gasteiger partial charge in [0.1, 0.15) is 10.6 Å². The highest BCUT2D eigenvalue weighted by molar-refractivity contribution is 7.90. The molecule has 0 heterocycles. The van der Waals surface area contributed by atoms with Crippen LogP contribution >= 0.6 is 11.6 Å². The Morgan fingerprint density at radius 3 is 2.76 bits per heavy atom. The van der Waals surface area contributed by atoms with Crippen LogP contribution in [0.4, 0.5) is 0 Å². The van der Waals surface area contributed by atoms with Crippen molar-refractivity contribution in [2.24, 2.45) is 0 Å². The maximum absolute atomic E-state index is 12.7. The molecule has 5 nitrogen and oxygen atoms in total. The molecular weight excluding hydrogens is 362 g/mol. The van der Waals surface area contributed by atoms with Crippen LogP contribution in [0, 0.1) is 0 Å². The Labute approximate surface area is 152 Å². The third-order valence-corrected chi connectivity index (χ3v) is 6.18. The summed E-state index contributed by atoms with van der Waals surface area (Å²) in [6, 6.07) is 11.9. The molecule has 0 saturated heterocycles. The van der Waals surface area contributed by atoms with Crippen molar-refractivity contribution >= 4 is 27.5 Å². The summed E-state index contributed by atoms with van der Waals surface area (Å²) in [6.07, 6.45) is 2.35. The molecule has 132 valence electrons. The molecule has 1 aliphatic rings. The lowest BCUT2D eigenvalue weighted by Crippen LogP contribution is -2.36. The van der Waals surface area contributed by atoms with E-state index in [0.717, 1.165) is 24.0 Å². The number of aryl methyl sites for hydroxylation is 1. The zero-order valence-corrected chi connectivity index (χ0v) is 15.2. The number of ether oxygens (including phenoxy) is 1. The SMILES string of the molecule is COc1ccc(Cl)c(S(=O)(=O)NC(=O)C2CCCc3ccccc32)c1. The Bertz CT molecular complexity index is 911. The number of nitrogens with one attached hydrogen (secondary N) is 1. The second-order valence-electron chi connectivity index (χ2n) is 5.91. The van der Waals surface area contributed by atoms with Crippen molar-refractivity contribution in [3.05, 3.63) is 58.6 Å². The van der Waals surface area contributed by atoms with E-state index in [1.54, 1.807) is 6.07 Å². The van der Waals surface area contributed by atoms with Gasteiger partial charge in [0, 0.05) is 6.07 Å². The van der Waals surface area contributed by atoms with Gasteiger partial charge in [0.05, 0.1) is 18.1 Å². The Morgan fingerprint density at radius 2 is 2.00 bits per heavy atom. The molecule has 0 fully saturated rings. The van der Waals surface area contributed by atoms with Crippen LogP contribution in [-0.2, 0) is 21.2 Å². The van der Waals surface area contributed by atoms with Crippen LogP contribution in [0.3, 0.4) is 0 Å². The van der Waals surface area contributed by atoms with E-state index in [0.29, 0.717) is 12.2 Å². The van der Waals surface area contributed by atoms with E-state index in [1.807, 2.05) is 24.3 Å². The van der Waals surface area contributed by atoms with Crippen molar-refractivity contribution in [3.8, 4) is 5.75 Å². The highest BCUT2D eigenvalue weighted by Gasteiger charge is 2.30. The van der Waals surface area contributed by atoms with Gasteiger partial charge in [-0.3, -0.25) is 4.79 Å². The fourth-order valence-corrected chi connectivity index (χ4v) is 4.64. The Hall–Kier alpha value is -2.05. The number of benzene rings is 2. The number of carbonyl (C=O) groups is 1. The molecule has 1 atom stereocenters. The van der Waals surface area contributed by atoms with Crippen LogP contribution in [0.5, 0.6) is 5.75 Å². The highest BCUT2D eigenvalue weighted by atomic mass is 35.5. The second-order valence-corrected chi connectivity index (χ2v) is 7.97. The molecule has 3 rings (SSSR count). The lowest BCUT2D eigenvalue weighted by molar-refractivity contribution is -0.121. The molecular formula is C18H18ClNO4S. The van der Waals surface area contributed by atoms with Gasteiger partial charge in [0.2, 0.25) is 5.91 Å². The quantitative estimate of drug-likeness (QED) is 0.884. The van der Waals surface area contributed by atoms with Gasteiger partial charge < -0.3 is 4.74 Å². The molecule has 25 heavy (non-hydrogen) atoms. The van der Waals surface area contributed by atoms with Gasteiger partial charge in [0.25, 0.3) is 10.0 Å². The number of rotatable bonds is 4. The highest BCUT2D eigenvalue weighted by Crippen LogP contribution is 2.32. The number of methoxy groups -OCH3 is 1. The number of fused-ring (bicyclic) bond motifs is 1. The first-order valence-electron chi connectivity index (χ1n) is 7.90. The van der Waals surface area contributed by atoms with Crippen LogP contribution < -0.4 is 9.46 Å². The molecule has 2 aromatic rings. The number of amides is 1. The first-order chi connectivity index (χ1) is 11.9. The van der Waals surface area contributed by atoms with Crippen molar-refractivity contribution in [2.75, 3.05) is 7.11 Å². The third-order valence-electron chi connectivity index (χ3n) is 4.35. The minimum atomic E-state index is -4.09. The summed E-state index contributed by atoms with van der Waals surface area (Å²) in [5.41, 5.74) is 1.98. The zero-order chi connectivity index (χ0) is 18.0. The van der Waals surface area contributed by atoms with Crippen molar-refractivity contribution in [2.45, 2.75) is 30.1 Å². The number of sulfonamides is 1. The molecule has 0 bridgehead atoms.